The van der Waals surface area contributed by atoms with Gasteiger partial charge in [-0.25, -0.2) is 0 Å². The molecule has 0 aliphatic rings. The van der Waals surface area contributed by atoms with E-state index in [0.29, 0.717) is 35.8 Å². The molecule has 0 saturated heterocycles. The summed E-state index contributed by atoms with van der Waals surface area (Å²) < 4.78 is 15.8. The van der Waals surface area contributed by atoms with Crippen molar-refractivity contribution in [3.8, 4) is 17.2 Å². The van der Waals surface area contributed by atoms with Gasteiger partial charge in [0.25, 0.3) is 0 Å². The second kappa shape index (κ2) is 9.38. The van der Waals surface area contributed by atoms with Gasteiger partial charge in [0, 0.05) is 31.6 Å². The molecule has 22 heavy (non-hydrogen) atoms. The van der Waals surface area contributed by atoms with Crippen LogP contribution in [0.15, 0.2) is 12.1 Å². The molecule has 7 heteroatoms. The van der Waals surface area contributed by atoms with Crippen LogP contribution >= 0.6 is 12.4 Å². The fourth-order valence-corrected chi connectivity index (χ4v) is 1.92. The van der Waals surface area contributed by atoms with Gasteiger partial charge in [0.15, 0.2) is 11.5 Å². The van der Waals surface area contributed by atoms with E-state index in [0.717, 1.165) is 0 Å². The summed E-state index contributed by atoms with van der Waals surface area (Å²) in [6.45, 7) is 1.88. The van der Waals surface area contributed by atoms with Gasteiger partial charge in [0.2, 0.25) is 11.7 Å². The molecule has 1 atom stereocenters. The molecule has 0 bridgehead atoms. The summed E-state index contributed by atoms with van der Waals surface area (Å²) in [5.74, 6) is 1.51. The first-order chi connectivity index (χ1) is 9.94. The Labute approximate surface area is 137 Å². The lowest BCUT2D eigenvalue weighted by Crippen LogP contribution is -2.28. The molecule has 1 unspecified atom stereocenters. The topological polar surface area (TPSA) is 74.0 Å². The third-order valence-corrected chi connectivity index (χ3v) is 3.22. The van der Waals surface area contributed by atoms with E-state index in [4.69, 9.17) is 19.9 Å². The molecule has 0 aromatic heterocycles. The van der Waals surface area contributed by atoms with Gasteiger partial charge in [0.1, 0.15) is 0 Å². The van der Waals surface area contributed by atoms with Crippen LogP contribution in [0.2, 0.25) is 0 Å². The third kappa shape index (κ3) is 4.96. The minimum Gasteiger partial charge on any atom is -0.493 e. The van der Waals surface area contributed by atoms with Crippen molar-refractivity contribution in [3.63, 3.8) is 0 Å². The predicted molar refractivity (Wildman–Crippen MR) is 89.6 cm³/mol. The van der Waals surface area contributed by atoms with Gasteiger partial charge in [-0.3, -0.25) is 4.79 Å². The Morgan fingerprint density at radius 3 is 2.05 bits per heavy atom. The lowest BCUT2D eigenvalue weighted by Gasteiger charge is -2.21. The van der Waals surface area contributed by atoms with Crippen LogP contribution in [0.5, 0.6) is 17.2 Å². The predicted octanol–water partition coefficient (Wildman–Crippen LogP) is 2.22. The van der Waals surface area contributed by atoms with Crippen LogP contribution < -0.4 is 24.8 Å². The average molecular weight is 333 g/mol. The maximum Gasteiger partial charge on any atom is 0.226 e. The molecule has 1 aromatic rings. The minimum absolute atomic E-state index is 0. The number of methoxy groups -OCH3 is 3. The molecule has 0 fully saturated rings. The number of rotatable bonds is 7. The van der Waals surface area contributed by atoms with Crippen LogP contribution in [-0.2, 0) is 4.79 Å². The van der Waals surface area contributed by atoms with Gasteiger partial charge in [-0.1, -0.05) is 0 Å². The van der Waals surface area contributed by atoms with Crippen LogP contribution in [0.1, 0.15) is 19.8 Å². The highest BCUT2D eigenvalue weighted by Gasteiger charge is 2.18. The fraction of sp³-hybridized carbons (Fsp3) is 0.533. The zero-order valence-electron chi connectivity index (χ0n) is 13.7. The van der Waals surface area contributed by atoms with Crippen molar-refractivity contribution >= 4 is 24.0 Å². The fourth-order valence-electron chi connectivity index (χ4n) is 1.92. The van der Waals surface area contributed by atoms with Gasteiger partial charge < -0.3 is 24.8 Å². The van der Waals surface area contributed by atoms with Crippen LogP contribution in [-0.4, -0.2) is 40.3 Å². The molecule has 6 nitrogen and oxygen atoms in total. The number of nitrogens with zero attached hydrogens (tertiary/aromatic N) is 1. The Hall–Kier alpha value is -1.66. The van der Waals surface area contributed by atoms with E-state index in [1.165, 1.54) is 7.11 Å². The molecule has 1 aromatic carbocycles. The molecule has 2 N–H and O–H groups in total. The monoisotopic (exact) mass is 332 g/mol. The lowest BCUT2D eigenvalue weighted by molar-refractivity contribution is -0.118. The maximum atomic E-state index is 12.2. The number of nitrogens with two attached hydrogens (primary N) is 1. The molecular formula is C15H25ClN2O4. The van der Waals surface area contributed by atoms with Crippen LogP contribution in [0.4, 0.5) is 5.69 Å². The second-order valence-electron chi connectivity index (χ2n) is 4.85. The Morgan fingerprint density at radius 2 is 1.68 bits per heavy atom. The molecule has 1 rings (SSSR count). The standard InChI is InChI=1S/C15H24N2O4.ClH/c1-10(16)6-7-14(18)17(2)11-8-12(19-3)15(21-5)13(9-11)20-4;/h8-10H,6-7,16H2,1-5H3;1H. The van der Waals surface area contributed by atoms with E-state index in [9.17, 15) is 4.79 Å². The Morgan fingerprint density at radius 1 is 1.18 bits per heavy atom. The van der Waals surface area contributed by atoms with Gasteiger partial charge >= 0.3 is 0 Å². The lowest BCUT2D eigenvalue weighted by atomic mass is 10.1. The number of carbonyl (C=O) groups excluding carboxylic acids is 1. The van der Waals surface area contributed by atoms with Crippen molar-refractivity contribution < 1.29 is 19.0 Å². The largest absolute Gasteiger partial charge is 0.493 e. The first-order valence-corrected chi connectivity index (χ1v) is 6.76. The number of halogens is 1. The minimum atomic E-state index is -0.0124. The van der Waals surface area contributed by atoms with Gasteiger partial charge in [0.05, 0.1) is 27.0 Å². The third-order valence-electron chi connectivity index (χ3n) is 3.22. The van der Waals surface area contributed by atoms with Crippen molar-refractivity contribution in [2.45, 2.75) is 25.8 Å². The summed E-state index contributed by atoms with van der Waals surface area (Å²) in [4.78, 5) is 13.7. The molecule has 1 amide bonds. The number of anilines is 1. The highest BCUT2D eigenvalue weighted by molar-refractivity contribution is 5.93. The highest BCUT2D eigenvalue weighted by atomic mass is 35.5. The summed E-state index contributed by atoms with van der Waals surface area (Å²) in [5.41, 5.74) is 6.36. The van der Waals surface area contributed by atoms with Crippen molar-refractivity contribution in [1.29, 1.82) is 0 Å². The summed E-state index contributed by atoms with van der Waals surface area (Å²) in [5, 5.41) is 0. The number of amides is 1. The summed E-state index contributed by atoms with van der Waals surface area (Å²) in [6, 6.07) is 3.48. The molecule has 0 radical (unpaired) electrons. The van der Waals surface area contributed by atoms with E-state index in [1.54, 1.807) is 38.3 Å². The van der Waals surface area contributed by atoms with Gasteiger partial charge in [-0.2, -0.15) is 0 Å². The SMILES string of the molecule is COc1cc(N(C)C(=O)CCC(C)N)cc(OC)c1OC.Cl. The molecule has 0 aliphatic heterocycles. The van der Waals surface area contributed by atoms with E-state index in [1.807, 2.05) is 6.92 Å². The Balaban J connectivity index is 0.00000441. The molecule has 0 spiro atoms. The Bertz CT molecular complexity index is 469. The zero-order valence-corrected chi connectivity index (χ0v) is 14.5. The van der Waals surface area contributed by atoms with Gasteiger partial charge in [-0.15, -0.1) is 12.4 Å². The molecule has 126 valence electrons. The smallest absolute Gasteiger partial charge is 0.226 e. The van der Waals surface area contributed by atoms with E-state index in [2.05, 4.69) is 0 Å². The number of hydrogen-bond acceptors (Lipinski definition) is 5. The molecule has 0 saturated carbocycles. The van der Waals surface area contributed by atoms with E-state index >= 15 is 0 Å². The van der Waals surface area contributed by atoms with Crippen LogP contribution in [0.3, 0.4) is 0 Å². The highest BCUT2D eigenvalue weighted by Crippen LogP contribution is 2.40. The van der Waals surface area contributed by atoms with E-state index < -0.39 is 0 Å². The summed E-state index contributed by atoms with van der Waals surface area (Å²) in [6.07, 6.45) is 1.04. The summed E-state index contributed by atoms with van der Waals surface area (Å²) in [7, 11) is 6.33. The number of hydrogen-bond donors (Lipinski definition) is 1. The molecule has 0 aliphatic carbocycles. The van der Waals surface area contributed by atoms with Crippen molar-refractivity contribution in [2.75, 3.05) is 33.3 Å². The molecular weight excluding hydrogens is 308 g/mol. The van der Waals surface area contributed by atoms with Crippen molar-refractivity contribution in [1.82, 2.24) is 0 Å². The quantitative estimate of drug-likeness (QED) is 0.828. The molecule has 0 heterocycles. The second-order valence-corrected chi connectivity index (χ2v) is 4.85. The van der Waals surface area contributed by atoms with Gasteiger partial charge in [-0.05, 0) is 13.3 Å². The van der Waals surface area contributed by atoms with Crippen LogP contribution in [0, 0.1) is 0 Å². The van der Waals surface area contributed by atoms with Crippen molar-refractivity contribution in [2.24, 2.45) is 5.73 Å². The zero-order chi connectivity index (χ0) is 16.0. The first-order valence-electron chi connectivity index (χ1n) is 6.76. The maximum absolute atomic E-state index is 12.2. The number of benzene rings is 1. The number of ether oxygens (including phenoxy) is 3. The number of carbonyl (C=O) groups is 1. The summed E-state index contributed by atoms with van der Waals surface area (Å²) >= 11 is 0. The average Bonchev–Trinajstić information content (AvgIpc) is 2.49. The van der Waals surface area contributed by atoms with E-state index in [-0.39, 0.29) is 24.4 Å². The van der Waals surface area contributed by atoms with Crippen molar-refractivity contribution in [3.05, 3.63) is 12.1 Å². The van der Waals surface area contributed by atoms with Crippen LogP contribution in [0.25, 0.3) is 0 Å². The Kier molecular flexibility index (Phi) is 8.67. The normalized spacial score (nSPS) is 11.2. The first kappa shape index (κ1) is 20.3.